The minimum absolute atomic E-state index is 0.0122. The molecule has 2 aromatic rings. The topological polar surface area (TPSA) is 57.4 Å². The van der Waals surface area contributed by atoms with Crippen LogP contribution in [0.5, 0.6) is 17.5 Å². The van der Waals surface area contributed by atoms with E-state index in [0.29, 0.717) is 5.69 Å². The summed E-state index contributed by atoms with van der Waals surface area (Å²) in [4.78, 5) is 3.98. The van der Waals surface area contributed by atoms with E-state index in [0.717, 1.165) is 0 Å². The first kappa shape index (κ1) is 12.4. The third-order valence-electron chi connectivity index (χ3n) is 2.19. The summed E-state index contributed by atoms with van der Waals surface area (Å²) in [5, 5.41) is -0.0186. The molecular weight excluding hydrogens is 259 g/mol. The second-order valence-electron chi connectivity index (χ2n) is 3.40. The van der Waals surface area contributed by atoms with E-state index in [4.69, 9.17) is 26.8 Å². The maximum Gasteiger partial charge on any atom is 0.240 e. The second-order valence-corrected chi connectivity index (χ2v) is 3.81. The molecule has 0 amide bonds. The van der Waals surface area contributed by atoms with Gasteiger partial charge in [0.05, 0.1) is 17.8 Å². The molecular formula is C12H10ClFN2O2. The van der Waals surface area contributed by atoms with Gasteiger partial charge >= 0.3 is 0 Å². The molecule has 0 aliphatic heterocycles. The summed E-state index contributed by atoms with van der Waals surface area (Å²) >= 11 is 5.64. The van der Waals surface area contributed by atoms with Crippen LogP contribution in [0.4, 0.5) is 10.1 Å². The van der Waals surface area contributed by atoms with Crippen LogP contribution in [-0.4, -0.2) is 12.1 Å². The van der Waals surface area contributed by atoms with Crippen molar-refractivity contribution in [3.63, 3.8) is 0 Å². The van der Waals surface area contributed by atoms with Gasteiger partial charge in [-0.1, -0.05) is 17.7 Å². The van der Waals surface area contributed by atoms with Gasteiger partial charge in [-0.2, -0.15) is 4.98 Å². The predicted octanol–water partition coefficient (Wildman–Crippen LogP) is 3.26. The monoisotopic (exact) mass is 268 g/mol. The largest absolute Gasteiger partial charge is 0.479 e. The quantitative estimate of drug-likeness (QED) is 0.928. The van der Waals surface area contributed by atoms with Crippen molar-refractivity contribution in [3.8, 4) is 17.5 Å². The molecule has 0 atom stereocenters. The van der Waals surface area contributed by atoms with Crippen LogP contribution in [-0.2, 0) is 0 Å². The maximum absolute atomic E-state index is 13.6. The number of hydrogen-bond acceptors (Lipinski definition) is 4. The Balaban J connectivity index is 2.31. The molecule has 0 unspecified atom stereocenters. The second kappa shape index (κ2) is 5.10. The van der Waals surface area contributed by atoms with E-state index >= 15 is 0 Å². The lowest BCUT2D eigenvalue weighted by molar-refractivity contribution is 0.380. The first-order chi connectivity index (χ1) is 8.61. The Bertz CT molecular complexity index is 578. The number of halogens is 2. The lowest BCUT2D eigenvalue weighted by Crippen LogP contribution is -1.97. The van der Waals surface area contributed by atoms with Crippen molar-refractivity contribution in [1.29, 1.82) is 0 Å². The smallest absolute Gasteiger partial charge is 0.240 e. The summed E-state index contributed by atoms with van der Waals surface area (Å²) in [6.45, 7) is 0. The third kappa shape index (κ3) is 2.46. The van der Waals surface area contributed by atoms with Gasteiger partial charge in [0, 0.05) is 6.07 Å². The molecule has 1 heterocycles. The Hall–Kier alpha value is -2.01. The molecule has 18 heavy (non-hydrogen) atoms. The Labute approximate surface area is 108 Å². The first-order valence-electron chi connectivity index (χ1n) is 5.04. The molecule has 0 aliphatic rings. The van der Waals surface area contributed by atoms with Gasteiger partial charge in [0.2, 0.25) is 11.8 Å². The molecule has 2 rings (SSSR count). The number of nitrogens with zero attached hydrogens (tertiary/aromatic N) is 1. The highest BCUT2D eigenvalue weighted by Crippen LogP contribution is 2.29. The zero-order chi connectivity index (χ0) is 13.1. The van der Waals surface area contributed by atoms with Gasteiger partial charge in [0.25, 0.3) is 0 Å². The van der Waals surface area contributed by atoms with E-state index < -0.39 is 5.82 Å². The highest BCUT2D eigenvalue weighted by Gasteiger charge is 2.10. The molecule has 0 fully saturated rings. The molecule has 6 heteroatoms. The molecule has 0 aliphatic carbocycles. The van der Waals surface area contributed by atoms with E-state index in [1.54, 1.807) is 12.1 Å². The number of methoxy groups -OCH3 is 1. The fourth-order valence-electron chi connectivity index (χ4n) is 1.33. The summed E-state index contributed by atoms with van der Waals surface area (Å²) in [5.41, 5.74) is 5.98. The van der Waals surface area contributed by atoms with Crippen molar-refractivity contribution in [1.82, 2.24) is 4.98 Å². The Kier molecular flexibility index (Phi) is 3.53. The van der Waals surface area contributed by atoms with Crippen molar-refractivity contribution < 1.29 is 13.9 Å². The minimum atomic E-state index is -0.642. The van der Waals surface area contributed by atoms with Crippen molar-refractivity contribution in [3.05, 3.63) is 41.2 Å². The van der Waals surface area contributed by atoms with Crippen LogP contribution in [0.15, 0.2) is 30.3 Å². The number of nitrogen functional groups attached to an aromatic ring is 1. The molecule has 1 aromatic carbocycles. The summed E-state index contributed by atoms with van der Waals surface area (Å²) < 4.78 is 23.8. The molecule has 0 saturated carbocycles. The normalized spacial score (nSPS) is 10.2. The van der Waals surface area contributed by atoms with Gasteiger partial charge in [0.15, 0.2) is 11.6 Å². The average Bonchev–Trinajstić information content (AvgIpc) is 2.37. The Morgan fingerprint density at radius 2 is 2.06 bits per heavy atom. The number of pyridine rings is 1. The molecule has 0 saturated heterocycles. The van der Waals surface area contributed by atoms with E-state index in [9.17, 15) is 4.39 Å². The van der Waals surface area contributed by atoms with E-state index in [2.05, 4.69) is 4.98 Å². The Morgan fingerprint density at radius 3 is 2.78 bits per heavy atom. The van der Waals surface area contributed by atoms with Crippen LogP contribution < -0.4 is 15.2 Å². The SMILES string of the molecule is COc1nc(Oc2cccc(Cl)c2F)ccc1N. The summed E-state index contributed by atoms with van der Waals surface area (Å²) in [7, 11) is 1.43. The lowest BCUT2D eigenvalue weighted by atomic mass is 10.3. The maximum atomic E-state index is 13.6. The standard InChI is InChI=1S/C12H10ClFN2O2/c1-17-12-8(15)5-6-10(16-12)18-9-4-2-3-7(13)11(9)14/h2-6H,15H2,1H3. The lowest BCUT2D eigenvalue weighted by Gasteiger charge is -2.08. The predicted molar refractivity (Wildman–Crippen MR) is 66.7 cm³/mol. The summed E-state index contributed by atoms with van der Waals surface area (Å²) in [5.74, 6) is -0.268. The van der Waals surface area contributed by atoms with Gasteiger partial charge in [-0.05, 0) is 18.2 Å². The number of ether oxygens (including phenoxy) is 2. The van der Waals surface area contributed by atoms with Crippen molar-refractivity contribution in [2.24, 2.45) is 0 Å². The van der Waals surface area contributed by atoms with Crippen LogP contribution in [0.25, 0.3) is 0 Å². The van der Waals surface area contributed by atoms with E-state index in [1.807, 2.05) is 0 Å². The zero-order valence-electron chi connectivity index (χ0n) is 9.48. The van der Waals surface area contributed by atoms with Crippen LogP contribution in [0.3, 0.4) is 0 Å². The number of aromatic nitrogens is 1. The van der Waals surface area contributed by atoms with Crippen LogP contribution >= 0.6 is 11.6 Å². The van der Waals surface area contributed by atoms with Gasteiger partial charge in [-0.3, -0.25) is 0 Å². The molecule has 94 valence electrons. The minimum Gasteiger partial charge on any atom is -0.479 e. The molecule has 4 nitrogen and oxygen atoms in total. The fraction of sp³-hybridized carbons (Fsp3) is 0.0833. The molecule has 0 bridgehead atoms. The first-order valence-corrected chi connectivity index (χ1v) is 5.42. The van der Waals surface area contributed by atoms with Gasteiger partial charge in [0.1, 0.15) is 0 Å². The van der Waals surface area contributed by atoms with Crippen molar-refractivity contribution >= 4 is 17.3 Å². The van der Waals surface area contributed by atoms with Crippen molar-refractivity contribution in [2.75, 3.05) is 12.8 Å². The molecule has 2 N–H and O–H groups in total. The van der Waals surface area contributed by atoms with Crippen molar-refractivity contribution in [2.45, 2.75) is 0 Å². The van der Waals surface area contributed by atoms with E-state index in [-0.39, 0.29) is 22.5 Å². The van der Waals surface area contributed by atoms with Gasteiger partial charge in [-0.15, -0.1) is 0 Å². The number of rotatable bonds is 3. The highest BCUT2D eigenvalue weighted by molar-refractivity contribution is 6.30. The molecule has 0 spiro atoms. The number of hydrogen-bond donors (Lipinski definition) is 1. The molecule has 0 radical (unpaired) electrons. The fourth-order valence-corrected chi connectivity index (χ4v) is 1.50. The Morgan fingerprint density at radius 1 is 1.28 bits per heavy atom. The van der Waals surface area contributed by atoms with Gasteiger partial charge in [-0.25, -0.2) is 4.39 Å². The van der Waals surface area contributed by atoms with Crippen LogP contribution in [0.2, 0.25) is 5.02 Å². The summed E-state index contributed by atoms with van der Waals surface area (Å²) in [6, 6.07) is 7.53. The number of nitrogens with two attached hydrogens (primary N) is 1. The third-order valence-corrected chi connectivity index (χ3v) is 2.48. The number of anilines is 1. The van der Waals surface area contributed by atoms with E-state index in [1.165, 1.54) is 25.3 Å². The van der Waals surface area contributed by atoms with Crippen LogP contribution in [0, 0.1) is 5.82 Å². The summed E-state index contributed by atoms with van der Waals surface area (Å²) in [6.07, 6.45) is 0. The highest BCUT2D eigenvalue weighted by atomic mass is 35.5. The molecule has 1 aromatic heterocycles. The van der Waals surface area contributed by atoms with Crippen LogP contribution in [0.1, 0.15) is 0 Å². The average molecular weight is 269 g/mol. The number of benzene rings is 1. The van der Waals surface area contributed by atoms with Gasteiger partial charge < -0.3 is 15.2 Å². The zero-order valence-corrected chi connectivity index (χ0v) is 10.2.